The van der Waals surface area contributed by atoms with Crippen molar-refractivity contribution in [1.82, 2.24) is 0 Å². The summed E-state index contributed by atoms with van der Waals surface area (Å²) in [5.74, 6) is 0. The van der Waals surface area contributed by atoms with Crippen molar-refractivity contribution >= 4 is 7.80 Å². The van der Waals surface area contributed by atoms with Gasteiger partial charge in [-0.15, -0.1) is 0 Å². The third kappa shape index (κ3) is 6.02. The predicted molar refractivity (Wildman–Crippen MR) is 33.7 cm³/mol. The largest absolute Gasteiger partial charge is 0.398 e. The summed E-state index contributed by atoms with van der Waals surface area (Å²) in [5, 5.41) is 0. The number of hydrogen-bond acceptors (Lipinski definition) is 1. The van der Waals surface area contributed by atoms with E-state index in [0.717, 1.165) is 0 Å². The highest BCUT2D eigenvalue weighted by Crippen LogP contribution is 2.31. The Morgan fingerprint density at radius 3 is 2.20 bits per heavy atom. The number of rotatable bonds is 3. The quantitative estimate of drug-likeness (QED) is 0.599. The zero-order chi connectivity index (χ0) is 8.20. The topological polar surface area (TPSA) is 17.1 Å². The molecule has 0 spiro atoms. The fraction of sp³-hybridized carbons (Fsp3) is 1.00. The molecule has 0 aromatic rings. The van der Waals surface area contributed by atoms with Crippen LogP contribution in [0, 0.1) is 0 Å². The van der Waals surface area contributed by atoms with Gasteiger partial charge in [0.2, 0.25) is 0 Å². The van der Waals surface area contributed by atoms with E-state index in [1.54, 1.807) is 6.92 Å². The molecule has 0 aliphatic heterocycles. The molecule has 0 aromatic heterocycles. The molecule has 0 saturated heterocycles. The summed E-state index contributed by atoms with van der Waals surface area (Å²) in [6, 6.07) is 0. The van der Waals surface area contributed by atoms with Crippen molar-refractivity contribution in [2.24, 2.45) is 0 Å². The molecule has 1 atom stereocenters. The second kappa shape index (κ2) is 3.91. The molecule has 61 valence electrons. The Labute approximate surface area is 58.4 Å². The SMILES string of the molecule is CCC[P](=O)CC(F)(F)F. The van der Waals surface area contributed by atoms with Gasteiger partial charge in [0.25, 0.3) is 0 Å². The van der Waals surface area contributed by atoms with Crippen molar-refractivity contribution in [3.8, 4) is 0 Å². The van der Waals surface area contributed by atoms with Crippen LogP contribution in [0.25, 0.3) is 0 Å². The minimum atomic E-state index is -4.26. The molecule has 5 heteroatoms. The standard InChI is InChI=1S/C5H9F3OP/c1-2-3-10(9)4-5(6,7)8/h2-4H2,1H3. The third-order valence-corrected chi connectivity index (χ3v) is 2.49. The summed E-state index contributed by atoms with van der Waals surface area (Å²) in [6.45, 7) is 1.71. The predicted octanol–water partition coefficient (Wildman–Crippen LogP) is 2.79. The Morgan fingerprint density at radius 2 is 1.90 bits per heavy atom. The van der Waals surface area contributed by atoms with Gasteiger partial charge < -0.3 is 0 Å². The summed E-state index contributed by atoms with van der Waals surface area (Å²) >= 11 is 0. The van der Waals surface area contributed by atoms with Crippen LogP contribution in [0.5, 0.6) is 0 Å². The van der Waals surface area contributed by atoms with Crippen LogP contribution in [-0.2, 0) is 4.57 Å². The van der Waals surface area contributed by atoms with Crippen molar-refractivity contribution in [1.29, 1.82) is 0 Å². The van der Waals surface area contributed by atoms with E-state index in [4.69, 9.17) is 0 Å². The lowest BCUT2D eigenvalue weighted by molar-refractivity contribution is -0.106. The molecule has 0 rings (SSSR count). The summed E-state index contributed by atoms with van der Waals surface area (Å²) in [5.41, 5.74) is 0. The second-order valence-electron chi connectivity index (χ2n) is 1.98. The second-order valence-corrected chi connectivity index (χ2v) is 3.71. The molecule has 0 saturated carbocycles. The maximum absolute atomic E-state index is 11.4. The Bertz CT molecular complexity index is 121. The maximum atomic E-state index is 11.4. The molecule has 0 aliphatic carbocycles. The van der Waals surface area contributed by atoms with Gasteiger partial charge in [0, 0.05) is 6.16 Å². The monoisotopic (exact) mass is 173 g/mol. The van der Waals surface area contributed by atoms with E-state index in [1.807, 2.05) is 0 Å². The van der Waals surface area contributed by atoms with Crippen molar-refractivity contribution in [3.05, 3.63) is 0 Å². The smallest absolute Gasteiger partial charge is 0.287 e. The van der Waals surface area contributed by atoms with Crippen LogP contribution in [0.15, 0.2) is 0 Å². The van der Waals surface area contributed by atoms with Crippen LogP contribution in [0.1, 0.15) is 13.3 Å². The van der Waals surface area contributed by atoms with E-state index >= 15 is 0 Å². The Hall–Kier alpha value is -0.110. The summed E-state index contributed by atoms with van der Waals surface area (Å²) < 4.78 is 44.8. The van der Waals surface area contributed by atoms with Crippen molar-refractivity contribution in [3.63, 3.8) is 0 Å². The molecular weight excluding hydrogens is 164 g/mol. The van der Waals surface area contributed by atoms with Gasteiger partial charge in [0.15, 0.2) is 0 Å². The summed E-state index contributed by atoms with van der Waals surface area (Å²) in [4.78, 5) is 0. The van der Waals surface area contributed by atoms with Crippen LogP contribution >= 0.6 is 7.80 Å². The first-order chi connectivity index (χ1) is 4.45. The normalized spacial score (nSPS) is 13.4. The van der Waals surface area contributed by atoms with Gasteiger partial charge in [-0.3, -0.25) is 4.57 Å². The lowest BCUT2D eigenvalue weighted by atomic mass is 10.6. The number of halogens is 3. The molecule has 0 bridgehead atoms. The highest BCUT2D eigenvalue weighted by Gasteiger charge is 2.29. The Kier molecular flexibility index (Phi) is 3.87. The Balaban J connectivity index is 3.58. The molecule has 10 heavy (non-hydrogen) atoms. The molecule has 0 amide bonds. The van der Waals surface area contributed by atoms with E-state index in [2.05, 4.69) is 0 Å². The van der Waals surface area contributed by atoms with Crippen LogP contribution in [0.2, 0.25) is 0 Å². The molecule has 0 aliphatic rings. The highest BCUT2D eigenvalue weighted by molar-refractivity contribution is 7.44. The van der Waals surface area contributed by atoms with Crippen molar-refractivity contribution < 1.29 is 17.7 Å². The summed E-state index contributed by atoms with van der Waals surface area (Å²) in [6.07, 6.45) is -4.67. The van der Waals surface area contributed by atoms with E-state index in [-0.39, 0.29) is 6.16 Å². The molecule has 0 aromatic carbocycles. The fourth-order valence-corrected chi connectivity index (χ4v) is 1.59. The lowest BCUT2D eigenvalue weighted by Gasteiger charge is -2.03. The average Bonchev–Trinajstić information content (AvgIpc) is 1.59. The fourth-order valence-electron chi connectivity index (χ4n) is 0.528. The number of hydrogen-bond donors (Lipinski definition) is 0. The molecule has 0 N–H and O–H groups in total. The van der Waals surface area contributed by atoms with E-state index < -0.39 is 20.1 Å². The zero-order valence-electron chi connectivity index (χ0n) is 5.61. The molecule has 1 nitrogen and oxygen atoms in total. The first kappa shape index (κ1) is 9.89. The Morgan fingerprint density at radius 1 is 1.40 bits per heavy atom. The highest BCUT2D eigenvalue weighted by atomic mass is 31.1. The molecule has 1 radical (unpaired) electrons. The molecule has 0 heterocycles. The van der Waals surface area contributed by atoms with Crippen LogP contribution in [0.4, 0.5) is 13.2 Å². The van der Waals surface area contributed by atoms with E-state index in [0.29, 0.717) is 6.42 Å². The van der Waals surface area contributed by atoms with Crippen molar-refractivity contribution in [2.45, 2.75) is 19.5 Å². The van der Waals surface area contributed by atoms with Crippen LogP contribution < -0.4 is 0 Å². The summed E-state index contributed by atoms with van der Waals surface area (Å²) in [7, 11) is -2.04. The average molecular weight is 173 g/mol. The molecule has 0 fully saturated rings. The maximum Gasteiger partial charge on any atom is 0.398 e. The first-order valence-electron chi connectivity index (χ1n) is 2.94. The third-order valence-electron chi connectivity index (χ3n) is 0.829. The van der Waals surface area contributed by atoms with E-state index in [1.165, 1.54) is 0 Å². The van der Waals surface area contributed by atoms with Crippen LogP contribution in [0.3, 0.4) is 0 Å². The zero-order valence-corrected chi connectivity index (χ0v) is 6.51. The number of alkyl halides is 3. The molecule has 1 unspecified atom stereocenters. The van der Waals surface area contributed by atoms with Gasteiger partial charge in [0.1, 0.15) is 6.16 Å². The first-order valence-corrected chi connectivity index (χ1v) is 4.57. The van der Waals surface area contributed by atoms with Gasteiger partial charge in [-0.2, -0.15) is 13.2 Å². The van der Waals surface area contributed by atoms with Gasteiger partial charge in [-0.25, -0.2) is 0 Å². The van der Waals surface area contributed by atoms with Gasteiger partial charge in [-0.05, 0) is 6.42 Å². The minimum absolute atomic E-state index is 0.175. The van der Waals surface area contributed by atoms with Crippen LogP contribution in [-0.4, -0.2) is 18.5 Å². The van der Waals surface area contributed by atoms with Crippen molar-refractivity contribution in [2.75, 3.05) is 12.3 Å². The lowest BCUT2D eigenvalue weighted by Crippen LogP contribution is -2.11. The van der Waals surface area contributed by atoms with Gasteiger partial charge in [0.05, 0.1) is 7.80 Å². The van der Waals surface area contributed by atoms with Gasteiger partial charge >= 0.3 is 6.18 Å². The van der Waals surface area contributed by atoms with E-state index in [9.17, 15) is 17.7 Å². The molecular formula is C5H9F3OP. The van der Waals surface area contributed by atoms with Gasteiger partial charge in [-0.1, -0.05) is 6.92 Å². The minimum Gasteiger partial charge on any atom is -0.287 e.